The summed E-state index contributed by atoms with van der Waals surface area (Å²) in [5, 5.41) is 0. The van der Waals surface area contributed by atoms with Crippen LogP contribution < -0.4 is 10.5 Å². The molecule has 0 aromatic heterocycles. The Bertz CT molecular complexity index is 344. The highest BCUT2D eigenvalue weighted by Crippen LogP contribution is 2.20. The van der Waals surface area contributed by atoms with Gasteiger partial charge in [-0.05, 0) is 24.5 Å². The Morgan fingerprint density at radius 2 is 2.18 bits per heavy atom. The van der Waals surface area contributed by atoms with Gasteiger partial charge in [0, 0.05) is 12.6 Å². The second kappa shape index (κ2) is 7.25. The molecule has 96 valence electrons. The fourth-order valence-electron chi connectivity index (χ4n) is 1.59. The molecule has 0 fully saturated rings. The van der Waals surface area contributed by atoms with Crippen molar-refractivity contribution in [3.8, 4) is 5.75 Å². The summed E-state index contributed by atoms with van der Waals surface area (Å²) < 4.78 is 24.1. The third kappa shape index (κ3) is 4.32. The first-order valence-corrected chi connectivity index (χ1v) is 5.83. The molecule has 17 heavy (non-hydrogen) atoms. The van der Waals surface area contributed by atoms with E-state index in [1.54, 1.807) is 18.2 Å². The molecule has 0 saturated carbocycles. The number of hydrogen-bond acceptors (Lipinski definition) is 3. The summed E-state index contributed by atoms with van der Waals surface area (Å²) in [6.45, 7) is 3.17. The van der Waals surface area contributed by atoms with Gasteiger partial charge in [-0.3, -0.25) is 0 Å². The van der Waals surface area contributed by atoms with Crippen LogP contribution in [0.5, 0.6) is 5.75 Å². The normalized spacial score (nSPS) is 12.5. The molecule has 0 aliphatic rings. The Morgan fingerprint density at radius 1 is 1.41 bits per heavy atom. The van der Waals surface area contributed by atoms with E-state index in [0.717, 1.165) is 6.42 Å². The van der Waals surface area contributed by atoms with Gasteiger partial charge in [0.15, 0.2) is 11.6 Å². The summed E-state index contributed by atoms with van der Waals surface area (Å²) in [6.07, 6.45) is 1.41. The van der Waals surface area contributed by atoms with Crippen LogP contribution in [-0.2, 0) is 11.2 Å². The highest BCUT2D eigenvalue weighted by atomic mass is 19.1. The van der Waals surface area contributed by atoms with Crippen molar-refractivity contribution in [3.05, 3.63) is 29.6 Å². The predicted molar refractivity (Wildman–Crippen MR) is 65.7 cm³/mol. The van der Waals surface area contributed by atoms with E-state index < -0.39 is 0 Å². The lowest BCUT2D eigenvalue weighted by molar-refractivity contribution is 0.121. The number of rotatable bonds is 7. The molecule has 1 aromatic rings. The van der Waals surface area contributed by atoms with E-state index in [0.29, 0.717) is 25.2 Å². The largest absolute Gasteiger partial charge is 0.494 e. The van der Waals surface area contributed by atoms with E-state index in [1.165, 1.54) is 7.11 Å². The van der Waals surface area contributed by atoms with Crippen molar-refractivity contribution in [2.75, 3.05) is 20.3 Å². The summed E-state index contributed by atoms with van der Waals surface area (Å²) in [6, 6.07) is 4.88. The number of nitrogens with two attached hydrogens (primary N) is 1. The van der Waals surface area contributed by atoms with Crippen LogP contribution in [0.1, 0.15) is 18.9 Å². The SMILES string of the molecule is CCCOCC(N)Cc1cccc(OC)c1F. The van der Waals surface area contributed by atoms with E-state index >= 15 is 0 Å². The maximum atomic E-state index is 13.8. The lowest BCUT2D eigenvalue weighted by Gasteiger charge is -2.13. The molecule has 0 spiro atoms. The fourth-order valence-corrected chi connectivity index (χ4v) is 1.59. The first kappa shape index (κ1) is 13.9. The average molecular weight is 241 g/mol. The van der Waals surface area contributed by atoms with Crippen LogP contribution in [0.25, 0.3) is 0 Å². The van der Waals surface area contributed by atoms with Gasteiger partial charge in [0.2, 0.25) is 0 Å². The van der Waals surface area contributed by atoms with Gasteiger partial charge in [0.25, 0.3) is 0 Å². The lowest BCUT2D eigenvalue weighted by Crippen LogP contribution is -2.29. The van der Waals surface area contributed by atoms with Crippen molar-refractivity contribution in [1.29, 1.82) is 0 Å². The van der Waals surface area contributed by atoms with Crippen molar-refractivity contribution in [2.45, 2.75) is 25.8 Å². The number of methoxy groups -OCH3 is 1. The zero-order valence-corrected chi connectivity index (χ0v) is 10.4. The van der Waals surface area contributed by atoms with E-state index in [2.05, 4.69) is 0 Å². The average Bonchev–Trinajstić information content (AvgIpc) is 2.32. The number of hydrogen-bond donors (Lipinski definition) is 1. The molecule has 0 amide bonds. The standard InChI is InChI=1S/C13H20FNO2/c1-3-7-17-9-11(15)8-10-5-4-6-12(16-2)13(10)14/h4-6,11H,3,7-9,15H2,1-2H3. The predicted octanol–water partition coefficient (Wildman–Crippen LogP) is 2.13. The lowest BCUT2D eigenvalue weighted by atomic mass is 10.1. The monoisotopic (exact) mass is 241 g/mol. The van der Waals surface area contributed by atoms with Crippen LogP contribution in [0.3, 0.4) is 0 Å². The minimum Gasteiger partial charge on any atom is -0.494 e. The van der Waals surface area contributed by atoms with Crippen molar-refractivity contribution >= 4 is 0 Å². The highest BCUT2D eigenvalue weighted by molar-refractivity contribution is 5.31. The smallest absolute Gasteiger partial charge is 0.168 e. The molecular formula is C13H20FNO2. The third-order valence-electron chi connectivity index (χ3n) is 2.43. The molecule has 1 rings (SSSR count). The van der Waals surface area contributed by atoms with Crippen LogP contribution in [0, 0.1) is 5.82 Å². The van der Waals surface area contributed by atoms with E-state index in [-0.39, 0.29) is 17.6 Å². The minimum atomic E-state index is -0.332. The molecule has 0 bridgehead atoms. The molecule has 1 atom stereocenters. The van der Waals surface area contributed by atoms with Crippen LogP contribution >= 0.6 is 0 Å². The van der Waals surface area contributed by atoms with Gasteiger partial charge in [-0.15, -0.1) is 0 Å². The van der Waals surface area contributed by atoms with Crippen molar-refractivity contribution in [2.24, 2.45) is 5.73 Å². The first-order valence-electron chi connectivity index (χ1n) is 5.83. The second-order valence-electron chi connectivity index (χ2n) is 3.97. The molecule has 0 aliphatic carbocycles. The third-order valence-corrected chi connectivity index (χ3v) is 2.43. The van der Waals surface area contributed by atoms with Gasteiger partial charge < -0.3 is 15.2 Å². The summed E-state index contributed by atoms with van der Waals surface area (Å²) in [7, 11) is 1.45. The molecule has 0 heterocycles. The maximum Gasteiger partial charge on any atom is 0.168 e. The van der Waals surface area contributed by atoms with Gasteiger partial charge in [0.05, 0.1) is 13.7 Å². The topological polar surface area (TPSA) is 44.5 Å². The first-order chi connectivity index (χ1) is 8.19. The highest BCUT2D eigenvalue weighted by Gasteiger charge is 2.11. The Labute approximate surface area is 102 Å². The fraction of sp³-hybridized carbons (Fsp3) is 0.538. The Morgan fingerprint density at radius 3 is 2.82 bits per heavy atom. The molecule has 1 unspecified atom stereocenters. The van der Waals surface area contributed by atoms with Gasteiger partial charge in [0.1, 0.15) is 0 Å². The summed E-state index contributed by atoms with van der Waals surface area (Å²) in [5.41, 5.74) is 6.44. The molecule has 3 nitrogen and oxygen atoms in total. The zero-order valence-electron chi connectivity index (χ0n) is 10.4. The summed E-state index contributed by atoms with van der Waals surface area (Å²) >= 11 is 0. The second-order valence-corrected chi connectivity index (χ2v) is 3.97. The minimum absolute atomic E-state index is 0.192. The zero-order chi connectivity index (χ0) is 12.7. The molecule has 0 radical (unpaired) electrons. The van der Waals surface area contributed by atoms with Crippen LogP contribution in [0.15, 0.2) is 18.2 Å². The Hall–Kier alpha value is -1.13. The Balaban J connectivity index is 2.55. The van der Waals surface area contributed by atoms with E-state index in [4.69, 9.17) is 15.2 Å². The van der Waals surface area contributed by atoms with Crippen molar-refractivity contribution < 1.29 is 13.9 Å². The summed E-state index contributed by atoms with van der Waals surface area (Å²) in [4.78, 5) is 0. The Kier molecular flexibility index (Phi) is 5.94. The summed E-state index contributed by atoms with van der Waals surface area (Å²) in [5.74, 6) is -0.0786. The van der Waals surface area contributed by atoms with Crippen molar-refractivity contribution in [1.82, 2.24) is 0 Å². The maximum absolute atomic E-state index is 13.8. The number of benzene rings is 1. The molecule has 1 aromatic carbocycles. The van der Waals surface area contributed by atoms with Gasteiger partial charge in [-0.2, -0.15) is 0 Å². The van der Waals surface area contributed by atoms with E-state index in [9.17, 15) is 4.39 Å². The van der Waals surface area contributed by atoms with Gasteiger partial charge in [-0.1, -0.05) is 19.1 Å². The molecule has 0 aliphatic heterocycles. The van der Waals surface area contributed by atoms with Crippen molar-refractivity contribution in [3.63, 3.8) is 0 Å². The molecule has 0 saturated heterocycles. The van der Waals surface area contributed by atoms with Crippen LogP contribution in [0.4, 0.5) is 4.39 Å². The van der Waals surface area contributed by atoms with Crippen LogP contribution in [-0.4, -0.2) is 26.4 Å². The number of ether oxygens (including phenoxy) is 2. The van der Waals surface area contributed by atoms with Crippen LogP contribution in [0.2, 0.25) is 0 Å². The molecule has 2 N–H and O–H groups in total. The number of halogens is 1. The van der Waals surface area contributed by atoms with E-state index in [1.807, 2.05) is 6.92 Å². The quantitative estimate of drug-likeness (QED) is 0.744. The molecular weight excluding hydrogens is 221 g/mol. The van der Waals surface area contributed by atoms with Gasteiger partial charge >= 0.3 is 0 Å². The molecule has 4 heteroatoms. The van der Waals surface area contributed by atoms with Gasteiger partial charge in [-0.25, -0.2) is 4.39 Å².